The van der Waals surface area contributed by atoms with Gasteiger partial charge >= 0.3 is 0 Å². The Morgan fingerprint density at radius 1 is 1.33 bits per heavy atom. The largest absolute Gasteiger partial charge is 0.496 e. The Kier molecular flexibility index (Phi) is 5.65. The molecule has 0 radical (unpaired) electrons. The minimum Gasteiger partial charge on any atom is -0.496 e. The number of hydrogen-bond acceptors (Lipinski definition) is 3. The van der Waals surface area contributed by atoms with Crippen molar-refractivity contribution in [3.63, 3.8) is 0 Å². The summed E-state index contributed by atoms with van der Waals surface area (Å²) in [4.78, 5) is 2.47. The number of ether oxygens (including phenoxy) is 1. The van der Waals surface area contributed by atoms with Crippen molar-refractivity contribution < 1.29 is 4.74 Å². The van der Waals surface area contributed by atoms with E-state index in [4.69, 9.17) is 4.74 Å². The van der Waals surface area contributed by atoms with E-state index in [9.17, 15) is 0 Å². The Bertz CT molecular complexity index is 449. The predicted molar refractivity (Wildman–Crippen MR) is 89.0 cm³/mol. The first-order valence-corrected chi connectivity index (χ1v) is 8.09. The van der Waals surface area contributed by atoms with Crippen molar-refractivity contribution in [1.82, 2.24) is 10.2 Å². The molecule has 2 rings (SSSR count). The lowest BCUT2D eigenvalue weighted by atomic mass is 9.89. The van der Waals surface area contributed by atoms with E-state index in [-0.39, 0.29) is 0 Å². The van der Waals surface area contributed by atoms with Crippen LogP contribution >= 0.6 is 0 Å². The van der Waals surface area contributed by atoms with Gasteiger partial charge in [-0.15, -0.1) is 0 Å². The number of para-hydroxylation sites is 1. The van der Waals surface area contributed by atoms with Crippen molar-refractivity contribution in [3.8, 4) is 5.75 Å². The number of benzene rings is 1. The van der Waals surface area contributed by atoms with Gasteiger partial charge in [-0.05, 0) is 51.3 Å². The van der Waals surface area contributed by atoms with Gasteiger partial charge in [0, 0.05) is 24.7 Å². The third-order valence-corrected chi connectivity index (χ3v) is 4.83. The molecule has 4 unspecified atom stereocenters. The summed E-state index contributed by atoms with van der Waals surface area (Å²) in [6.07, 6.45) is 2.24. The molecule has 1 aromatic carbocycles. The van der Waals surface area contributed by atoms with E-state index in [1.54, 1.807) is 7.11 Å². The van der Waals surface area contributed by atoms with E-state index in [0.29, 0.717) is 24.0 Å². The Balaban J connectivity index is 1.93. The molecule has 1 fully saturated rings. The molecule has 4 atom stereocenters. The van der Waals surface area contributed by atoms with Crippen LogP contribution in [0.1, 0.15) is 32.8 Å². The van der Waals surface area contributed by atoms with Gasteiger partial charge in [0.25, 0.3) is 0 Å². The summed E-state index contributed by atoms with van der Waals surface area (Å²) in [7, 11) is 3.98. The van der Waals surface area contributed by atoms with Crippen molar-refractivity contribution in [2.45, 2.75) is 51.7 Å². The van der Waals surface area contributed by atoms with E-state index in [1.807, 2.05) is 12.1 Å². The lowest BCUT2D eigenvalue weighted by molar-refractivity contribution is 0.116. The van der Waals surface area contributed by atoms with Crippen LogP contribution in [0.4, 0.5) is 0 Å². The van der Waals surface area contributed by atoms with Gasteiger partial charge in [0.2, 0.25) is 0 Å². The fraction of sp³-hybridized carbons (Fsp3) is 0.667. The van der Waals surface area contributed by atoms with Crippen molar-refractivity contribution in [2.24, 2.45) is 5.92 Å². The first-order valence-electron chi connectivity index (χ1n) is 8.09. The van der Waals surface area contributed by atoms with Gasteiger partial charge in [-0.2, -0.15) is 0 Å². The molecule has 118 valence electrons. The minimum absolute atomic E-state index is 0.462. The maximum atomic E-state index is 5.45. The molecule has 1 N–H and O–H groups in total. The monoisotopic (exact) mass is 290 g/mol. The first kappa shape index (κ1) is 16.3. The molecular weight excluding hydrogens is 260 g/mol. The molecule has 1 aromatic rings. The predicted octanol–water partition coefficient (Wildman–Crippen LogP) is 2.94. The second-order valence-electron chi connectivity index (χ2n) is 6.69. The van der Waals surface area contributed by atoms with Crippen LogP contribution in [0, 0.1) is 5.92 Å². The van der Waals surface area contributed by atoms with Gasteiger partial charge in [-0.1, -0.05) is 25.1 Å². The highest BCUT2D eigenvalue weighted by Gasteiger charge is 2.29. The zero-order valence-electron chi connectivity index (χ0n) is 14.1. The Morgan fingerprint density at radius 2 is 2.05 bits per heavy atom. The molecular formula is C18H30N2O. The third-order valence-electron chi connectivity index (χ3n) is 4.83. The standard InChI is InChI=1S/C18H30N2O/c1-13-12-20(4)15(3)11-17(13)19-14(2)10-16-8-6-7-9-18(16)21-5/h6-9,13-15,17,19H,10-12H2,1-5H3. The fourth-order valence-electron chi connectivity index (χ4n) is 3.40. The van der Waals surface area contributed by atoms with Gasteiger partial charge in [0.05, 0.1) is 7.11 Å². The highest BCUT2D eigenvalue weighted by Crippen LogP contribution is 2.23. The van der Waals surface area contributed by atoms with Gasteiger partial charge in [0.1, 0.15) is 5.75 Å². The maximum absolute atomic E-state index is 5.45. The van der Waals surface area contributed by atoms with E-state index in [1.165, 1.54) is 18.5 Å². The van der Waals surface area contributed by atoms with Crippen LogP contribution in [0.15, 0.2) is 24.3 Å². The number of likely N-dealkylation sites (tertiary alicyclic amines) is 1. The molecule has 0 saturated carbocycles. The molecule has 1 heterocycles. The average Bonchev–Trinajstić information content (AvgIpc) is 2.45. The van der Waals surface area contributed by atoms with Crippen LogP contribution in [0.2, 0.25) is 0 Å². The van der Waals surface area contributed by atoms with Crippen molar-refractivity contribution in [2.75, 3.05) is 20.7 Å². The van der Waals surface area contributed by atoms with Gasteiger partial charge in [-0.25, -0.2) is 0 Å². The van der Waals surface area contributed by atoms with Gasteiger partial charge in [-0.3, -0.25) is 0 Å². The molecule has 1 saturated heterocycles. The van der Waals surface area contributed by atoms with Crippen LogP contribution in [0.3, 0.4) is 0 Å². The van der Waals surface area contributed by atoms with Crippen LogP contribution < -0.4 is 10.1 Å². The molecule has 0 amide bonds. The highest BCUT2D eigenvalue weighted by molar-refractivity contribution is 5.33. The third kappa shape index (κ3) is 4.21. The maximum Gasteiger partial charge on any atom is 0.122 e. The summed E-state index contributed by atoms with van der Waals surface area (Å²) in [5, 5.41) is 3.84. The Hall–Kier alpha value is -1.06. The van der Waals surface area contributed by atoms with E-state index < -0.39 is 0 Å². The number of methoxy groups -OCH3 is 1. The number of nitrogens with zero attached hydrogens (tertiary/aromatic N) is 1. The molecule has 1 aliphatic rings. The van der Waals surface area contributed by atoms with E-state index in [2.05, 4.69) is 50.2 Å². The highest BCUT2D eigenvalue weighted by atomic mass is 16.5. The summed E-state index contributed by atoms with van der Waals surface area (Å²) in [5.74, 6) is 1.70. The molecule has 3 nitrogen and oxygen atoms in total. The number of rotatable bonds is 5. The minimum atomic E-state index is 0.462. The first-order chi connectivity index (χ1) is 10.0. The summed E-state index contributed by atoms with van der Waals surface area (Å²) in [6, 6.07) is 10.1. The molecule has 0 spiro atoms. The van der Waals surface area contributed by atoms with Crippen molar-refractivity contribution in [3.05, 3.63) is 29.8 Å². The smallest absolute Gasteiger partial charge is 0.122 e. The topological polar surface area (TPSA) is 24.5 Å². The molecule has 0 aromatic heterocycles. The average molecular weight is 290 g/mol. The van der Waals surface area contributed by atoms with Crippen LogP contribution in [0.5, 0.6) is 5.75 Å². The quantitative estimate of drug-likeness (QED) is 0.902. The molecule has 1 aliphatic heterocycles. The lowest BCUT2D eigenvalue weighted by Crippen LogP contribution is -2.53. The summed E-state index contributed by atoms with van der Waals surface area (Å²) < 4.78 is 5.45. The van der Waals surface area contributed by atoms with Crippen molar-refractivity contribution in [1.29, 1.82) is 0 Å². The van der Waals surface area contributed by atoms with Crippen LogP contribution in [-0.4, -0.2) is 43.7 Å². The summed E-state index contributed by atoms with van der Waals surface area (Å²) in [5.41, 5.74) is 1.29. The SMILES string of the molecule is COc1ccccc1CC(C)NC1CC(C)N(C)CC1C. The zero-order chi connectivity index (χ0) is 15.4. The molecule has 21 heavy (non-hydrogen) atoms. The van der Waals surface area contributed by atoms with E-state index in [0.717, 1.165) is 12.2 Å². The molecule has 3 heteroatoms. The molecule has 0 aliphatic carbocycles. The van der Waals surface area contributed by atoms with Crippen LogP contribution in [-0.2, 0) is 6.42 Å². The number of hydrogen-bond donors (Lipinski definition) is 1. The number of piperidine rings is 1. The normalized spacial score (nSPS) is 28.3. The van der Waals surface area contributed by atoms with Gasteiger partial charge in [0.15, 0.2) is 0 Å². The summed E-state index contributed by atoms with van der Waals surface area (Å²) in [6.45, 7) is 8.14. The summed E-state index contributed by atoms with van der Waals surface area (Å²) >= 11 is 0. The molecule has 0 bridgehead atoms. The Morgan fingerprint density at radius 3 is 2.76 bits per heavy atom. The fourth-order valence-corrected chi connectivity index (χ4v) is 3.40. The second kappa shape index (κ2) is 7.28. The van der Waals surface area contributed by atoms with Crippen LogP contribution in [0.25, 0.3) is 0 Å². The van der Waals surface area contributed by atoms with Gasteiger partial charge < -0.3 is 15.0 Å². The lowest BCUT2D eigenvalue weighted by Gasteiger charge is -2.41. The number of nitrogens with one attached hydrogen (secondary N) is 1. The van der Waals surface area contributed by atoms with Crippen molar-refractivity contribution >= 4 is 0 Å². The Labute approximate surface area is 129 Å². The van der Waals surface area contributed by atoms with E-state index >= 15 is 0 Å². The zero-order valence-corrected chi connectivity index (χ0v) is 14.1. The second-order valence-corrected chi connectivity index (χ2v) is 6.69.